The van der Waals surface area contributed by atoms with Gasteiger partial charge in [-0.05, 0) is 44.2 Å². The molecule has 6 nitrogen and oxygen atoms in total. The highest BCUT2D eigenvalue weighted by Crippen LogP contribution is 2.29. The fourth-order valence-electron chi connectivity index (χ4n) is 3.18. The molecule has 0 bridgehead atoms. The van der Waals surface area contributed by atoms with E-state index < -0.39 is 5.91 Å². The van der Waals surface area contributed by atoms with Crippen LogP contribution in [0.2, 0.25) is 0 Å². The molecule has 3 aromatic carbocycles. The molecule has 6 heteroatoms. The Bertz CT molecular complexity index is 1260. The summed E-state index contributed by atoms with van der Waals surface area (Å²) in [6, 6.07) is 23.3. The van der Waals surface area contributed by atoms with Crippen molar-refractivity contribution in [2.75, 3.05) is 5.32 Å². The van der Waals surface area contributed by atoms with Gasteiger partial charge in [0.2, 0.25) is 0 Å². The van der Waals surface area contributed by atoms with Crippen LogP contribution in [0.5, 0.6) is 11.5 Å². The van der Waals surface area contributed by atoms with E-state index in [1.807, 2.05) is 56.3 Å². The number of carbonyl (C=O) groups excluding carboxylic acids is 1. The molecule has 30 heavy (non-hydrogen) atoms. The second-order valence-corrected chi connectivity index (χ2v) is 7.10. The summed E-state index contributed by atoms with van der Waals surface area (Å²) < 4.78 is 7.26. The molecule has 0 fully saturated rings. The van der Waals surface area contributed by atoms with E-state index in [0.29, 0.717) is 28.0 Å². The molecule has 150 valence electrons. The monoisotopic (exact) mass is 399 g/mol. The lowest BCUT2D eigenvalue weighted by atomic mass is 10.1. The van der Waals surface area contributed by atoms with Gasteiger partial charge < -0.3 is 10.1 Å². The first kappa shape index (κ1) is 19.4. The minimum absolute atomic E-state index is 0.178. The van der Waals surface area contributed by atoms with E-state index in [9.17, 15) is 9.59 Å². The summed E-state index contributed by atoms with van der Waals surface area (Å²) in [5.41, 5.74) is 0.484. The maximum atomic E-state index is 13.2. The van der Waals surface area contributed by atoms with Crippen LogP contribution in [-0.4, -0.2) is 15.7 Å². The molecule has 1 aromatic heterocycles. The summed E-state index contributed by atoms with van der Waals surface area (Å²) in [6.07, 6.45) is 0. The Kier molecular flexibility index (Phi) is 5.30. The normalized spacial score (nSPS) is 10.9. The number of para-hydroxylation sites is 3. The number of aromatic nitrogens is 2. The number of hydrogen-bond acceptors (Lipinski definition) is 4. The molecule has 0 aliphatic carbocycles. The van der Waals surface area contributed by atoms with Gasteiger partial charge in [0.1, 0.15) is 5.75 Å². The van der Waals surface area contributed by atoms with E-state index in [0.717, 1.165) is 0 Å². The van der Waals surface area contributed by atoms with Crippen molar-refractivity contribution < 1.29 is 9.53 Å². The van der Waals surface area contributed by atoms with Gasteiger partial charge in [0.25, 0.3) is 11.5 Å². The number of amides is 1. The number of nitrogens with one attached hydrogen (secondary N) is 1. The highest BCUT2D eigenvalue weighted by Gasteiger charge is 2.19. The van der Waals surface area contributed by atoms with Crippen LogP contribution in [0.4, 0.5) is 5.69 Å². The fourth-order valence-corrected chi connectivity index (χ4v) is 3.18. The van der Waals surface area contributed by atoms with Gasteiger partial charge in [0.15, 0.2) is 11.4 Å². The largest absolute Gasteiger partial charge is 0.455 e. The SMILES string of the molecule is CC(C)n1nc(C(=O)Nc2ccccc2Oc2ccccc2)c2ccccc2c1=O. The first-order chi connectivity index (χ1) is 14.5. The van der Waals surface area contributed by atoms with Crippen LogP contribution in [0.1, 0.15) is 30.4 Å². The molecule has 0 saturated heterocycles. The molecule has 1 amide bonds. The quantitative estimate of drug-likeness (QED) is 0.511. The number of ether oxygens (including phenoxy) is 1. The van der Waals surface area contributed by atoms with Crippen LogP contribution < -0.4 is 15.6 Å². The molecular weight excluding hydrogens is 378 g/mol. The number of carbonyl (C=O) groups is 1. The van der Waals surface area contributed by atoms with Crippen molar-refractivity contribution in [3.05, 3.63) is 94.9 Å². The lowest BCUT2D eigenvalue weighted by molar-refractivity contribution is 0.102. The standard InChI is InChI=1S/C24H21N3O3/c1-16(2)27-24(29)19-13-7-6-12-18(19)22(26-27)23(28)25-20-14-8-9-15-21(20)30-17-10-4-3-5-11-17/h3-16H,1-2H3,(H,25,28). The van der Waals surface area contributed by atoms with Crippen LogP contribution >= 0.6 is 0 Å². The molecule has 0 aliphatic heterocycles. The van der Waals surface area contributed by atoms with E-state index in [4.69, 9.17) is 4.74 Å². The summed E-state index contributed by atoms with van der Waals surface area (Å²) in [6.45, 7) is 3.71. The Morgan fingerprint density at radius 3 is 2.27 bits per heavy atom. The minimum Gasteiger partial charge on any atom is -0.455 e. The van der Waals surface area contributed by atoms with Gasteiger partial charge in [0, 0.05) is 5.39 Å². The van der Waals surface area contributed by atoms with Gasteiger partial charge in [0.05, 0.1) is 17.1 Å². The van der Waals surface area contributed by atoms with Crippen LogP contribution in [0.15, 0.2) is 83.7 Å². The maximum Gasteiger partial charge on any atom is 0.276 e. The van der Waals surface area contributed by atoms with Crippen LogP contribution in [0.3, 0.4) is 0 Å². The van der Waals surface area contributed by atoms with Crippen LogP contribution in [0, 0.1) is 0 Å². The molecule has 0 aliphatic rings. The molecule has 0 spiro atoms. The summed E-state index contributed by atoms with van der Waals surface area (Å²) >= 11 is 0. The van der Waals surface area contributed by atoms with Crippen molar-refractivity contribution in [1.82, 2.24) is 9.78 Å². The number of rotatable bonds is 5. The first-order valence-corrected chi connectivity index (χ1v) is 9.69. The van der Waals surface area contributed by atoms with Gasteiger partial charge in [-0.3, -0.25) is 9.59 Å². The summed E-state index contributed by atoms with van der Waals surface area (Å²) in [7, 11) is 0. The predicted octanol–water partition coefficient (Wildman–Crippen LogP) is 5.02. The number of hydrogen-bond donors (Lipinski definition) is 1. The Hall–Kier alpha value is -3.93. The summed E-state index contributed by atoms with van der Waals surface area (Å²) in [4.78, 5) is 25.9. The van der Waals surface area contributed by atoms with Crippen molar-refractivity contribution in [3.63, 3.8) is 0 Å². The molecule has 0 saturated carbocycles. The highest BCUT2D eigenvalue weighted by molar-refractivity contribution is 6.11. The Labute approximate surface area is 173 Å². The predicted molar refractivity (Wildman–Crippen MR) is 117 cm³/mol. The van der Waals surface area contributed by atoms with Crippen LogP contribution in [0.25, 0.3) is 10.8 Å². The van der Waals surface area contributed by atoms with Crippen molar-refractivity contribution in [2.24, 2.45) is 0 Å². The van der Waals surface area contributed by atoms with Gasteiger partial charge in [-0.25, -0.2) is 4.68 Å². The summed E-state index contributed by atoms with van der Waals surface area (Å²) in [5, 5.41) is 8.21. The topological polar surface area (TPSA) is 73.2 Å². The molecule has 0 atom stereocenters. The highest BCUT2D eigenvalue weighted by atomic mass is 16.5. The lowest BCUT2D eigenvalue weighted by Crippen LogP contribution is -2.29. The molecule has 0 unspecified atom stereocenters. The third-order valence-corrected chi connectivity index (χ3v) is 4.64. The molecule has 4 rings (SSSR count). The number of nitrogens with zero attached hydrogens (tertiary/aromatic N) is 2. The second kappa shape index (κ2) is 8.21. The molecular formula is C24H21N3O3. The Balaban J connectivity index is 1.73. The zero-order valence-corrected chi connectivity index (χ0v) is 16.7. The minimum atomic E-state index is -0.412. The van der Waals surface area contributed by atoms with Gasteiger partial charge in [-0.1, -0.05) is 48.5 Å². The van der Waals surface area contributed by atoms with Crippen molar-refractivity contribution in [2.45, 2.75) is 19.9 Å². The van der Waals surface area contributed by atoms with Gasteiger partial charge in [-0.15, -0.1) is 0 Å². The molecule has 4 aromatic rings. The van der Waals surface area contributed by atoms with Gasteiger partial charge >= 0.3 is 0 Å². The summed E-state index contributed by atoms with van der Waals surface area (Å²) in [5.74, 6) is 0.763. The van der Waals surface area contributed by atoms with E-state index >= 15 is 0 Å². The maximum absolute atomic E-state index is 13.2. The zero-order valence-electron chi connectivity index (χ0n) is 16.7. The van der Waals surface area contributed by atoms with Crippen molar-refractivity contribution >= 4 is 22.4 Å². The van der Waals surface area contributed by atoms with E-state index in [-0.39, 0.29) is 17.3 Å². The zero-order chi connectivity index (χ0) is 21.1. The van der Waals surface area contributed by atoms with Crippen molar-refractivity contribution in [3.8, 4) is 11.5 Å². The first-order valence-electron chi connectivity index (χ1n) is 9.69. The second-order valence-electron chi connectivity index (χ2n) is 7.10. The third kappa shape index (κ3) is 3.80. The fraction of sp³-hybridized carbons (Fsp3) is 0.125. The van der Waals surface area contributed by atoms with E-state index in [1.54, 1.807) is 36.4 Å². The Morgan fingerprint density at radius 1 is 0.900 bits per heavy atom. The molecule has 0 radical (unpaired) electrons. The van der Waals surface area contributed by atoms with Gasteiger partial charge in [-0.2, -0.15) is 5.10 Å². The number of benzene rings is 3. The van der Waals surface area contributed by atoms with E-state index in [1.165, 1.54) is 4.68 Å². The van der Waals surface area contributed by atoms with Crippen molar-refractivity contribution in [1.29, 1.82) is 0 Å². The Morgan fingerprint density at radius 2 is 1.53 bits per heavy atom. The smallest absolute Gasteiger partial charge is 0.276 e. The average molecular weight is 399 g/mol. The van der Waals surface area contributed by atoms with Crippen LogP contribution in [-0.2, 0) is 0 Å². The lowest BCUT2D eigenvalue weighted by Gasteiger charge is -2.15. The molecule has 1 N–H and O–H groups in total. The van der Waals surface area contributed by atoms with E-state index in [2.05, 4.69) is 10.4 Å². The number of anilines is 1. The molecule has 1 heterocycles. The number of fused-ring (bicyclic) bond motifs is 1. The average Bonchev–Trinajstić information content (AvgIpc) is 2.76. The third-order valence-electron chi connectivity index (χ3n) is 4.64.